The first kappa shape index (κ1) is 11.2. The summed E-state index contributed by atoms with van der Waals surface area (Å²) in [5.41, 5.74) is 2.08. The van der Waals surface area contributed by atoms with Crippen molar-refractivity contribution in [2.75, 3.05) is 24.6 Å². The quantitative estimate of drug-likeness (QED) is 0.756. The second-order valence-electron chi connectivity index (χ2n) is 4.13. The Balaban J connectivity index is 2.13. The summed E-state index contributed by atoms with van der Waals surface area (Å²) in [6.45, 7) is 2.65. The molecule has 4 heteroatoms. The van der Waals surface area contributed by atoms with Crippen LogP contribution in [0, 0.1) is 0 Å². The van der Waals surface area contributed by atoms with E-state index in [1.54, 1.807) is 6.07 Å². The van der Waals surface area contributed by atoms with Crippen LogP contribution in [0.2, 0.25) is 0 Å². The number of rotatable bonds is 4. The number of aromatic hydroxyl groups is 1. The summed E-state index contributed by atoms with van der Waals surface area (Å²) < 4.78 is 0. The minimum Gasteiger partial charge on any atom is -0.508 e. The lowest BCUT2D eigenvalue weighted by atomic mass is 10.1. The van der Waals surface area contributed by atoms with E-state index in [2.05, 4.69) is 9.74 Å². The van der Waals surface area contributed by atoms with Gasteiger partial charge in [-0.05, 0) is 36.6 Å². The minimum atomic E-state index is 0.319. The average Bonchev–Trinajstić information content (AvgIpc) is 2.81. The van der Waals surface area contributed by atoms with E-state index in [0.717, 1.165) is 18.7 Å². The van der Waals surface area contributed by atoms with E-state index >= 15 is 0 Å². The summed E-state index contributed by atoms with van der Waals surface area (Å²) in [5, 5.41) is 9.69. The van der Waals surface area contributed by atoms with Crippen LogP contribution in [-0.4, -0.2) is 24.8 Å². The Morgan fingerprint density at radius 1 is 1.31 bits per heavy atom. The van der Waals surface area contributed by atoms with Crippen LogP contribution in [0.3, 0.4) is 0 Å². The van der Waals surface area contributed by atoms with Crippen LogP contribution in [-0.2, 0) is 11.3 Å². The molecule has 1 saturated heterocycles. The van der Waals surface area contributed by atoms with Crippen LogP contribution in [0.25, 0.3) is 0 Å². The molecule has 0 aromatic heterocycles. The molecular weight excluding hydrogens is 204 g/mol. The number of nitrogens with zero attached hydrogens (tertiary/aromatic N) is 1. The van der Waals surface area contributed by atoms with Crippen molar-refractivity contribution < 1.29 is 9.94 Å². The molecular formula is C12H18N2O2. The highest BCUT2D eigenvalue weighted by Gasteiger charge is 2.13. The van der Waals surface area contributed by atoms with Crippen molar-refractivity contribution >= 4 is 5.69 Å². The minimum absolute atomic E-state index is 0.319. The number of anilines is 1. The maximum atomic E-state index is 9.69. The van der Waals surface area contributed by atoms with Gasteiger partial charge in [-0.1, -0.05) is 0 Å². The molecule has 0 unspecified atom stereocenters. The van der Waals surface area contributed by atoms with Gasteiger partial charge < -0.3 is 14.8 Å². The van der Waals surface area contributed by atoms with E-state index in [0.29, 0.717) is 18.8 Å². The summed E-state index contributed by atoms with van der Waals surface area (Å²) in [7, 11) is 0. The van der Waals surface area contributed by atoms with E-state index in [1.807, 2.05) is 12.1 Å². The number of benzene rings is 1. The van der Waals surface area contributed by atoms with Crippen molar-refractivity contribution in [2.24, 2.45) is 5.90 Å². The molecule has 1 aromatic rings. The third-order valence-electron chi connectivity index (χ3n) is 3.02. The van der Waals surface area contributed by atoms with Gasteiger partial charge in [-0.2, -0.15) is 0 Å². The molecule has 1 fully saturated rings. The number of phenols is 1. The predicted molar refractivity (Wildman–Crippen MR) is 63.4 cm³/mol. The second-order valence-corrected chi connectivity index (χ2v) is 4.13. The van der Waals surface area contributed by atoms with Crippen molar-refractivity contribution in [1.82, 2.24) is 0 Å². The fraction of sp³-hybridized carbons (Fsp3) is 0.500. The highest BCUT2D eigenvalue weighted by atomic mass is 16.6. The predicted octanol–water partition coefficient (Wildman–Crippen LogP) is 1.43. The number of nitrogens with two attached hydrogens (primary N) is 1. The standard InChI is InChI=1S/C12H18N2O2/c13-16-8-5-10-9-11(3-4-12(10)15)14-6-1-2-7-14/h3-4,9,15H,1-2,5-8,13H2. The Labute approximate surface area is 95.6 Å². The summed E-state index contributed by atoms with van der Waals surface area (Å²) >= 11 is 0. The molecule has 1 aliphatic heterocycles. The average molecular weight is 222 g/mol. The maximum absolute atomic E-state index is 9.69. The molecule has 0 saturated carbocycles. The largest absolute Gasteiger partial charge is 0.508 e. The molecule has 0 spiro atoms. The molecule has 0 atom stereocenters. The van der Waals surface area contributed by atoms with Crippen molar-refractivity contribution in [3.8, 4) is 5.75 Å². The number of hydrogen-bond acceptors (Lipinski definition) is 4. The van der Waals surface area contributed by atoms with Gasteiger partial charge in [0.2, 0.25) is 0 Å². The van der Waals surface area contributed by atoms with E-state index < -0.39 is 0 Å². The smallest absolute Gasteiger partial charge is 0.119 e. The Morgan fingerprint density at radius 2 is 2.06 bits per heavy atom. The molecule has 3 N–H and O–H groups in total. The van der Waals surface area contributed by atoms with Gasteiger partial charge in [0.05, 0.1) is 6.61 Å². The summed E-state index contributed by atoms with van der Waals surface area (Å²) in [6, 6.07) is 5.74. The lowest BCUT2D eigenvalue weighted by Crippen LogP contribution is -2.17. The summed E-state index contributed by atoms with van der Waals surface area (Å²) in [4.78, 5) is 6.88. The number of phenolic OH excluding ortho intramolecular Hbond substituents is 1. The van der Waals surface area contributed by atoms with Gasteiger partial charge in [-0.15, -0.1) is 0 Å². The lowest BCUT2D eigenvalue weighted by Gasteiger charge is -2.18. The molecule has 0 aliphatic carbocycles. The molecule has 1 aromatic carbocycles. The third-order valence-corrected chi connectivity index (χ3v) is 3.02. The fourth-order valence-electron chi connectivity index (χ4n) is 2.11. The highest BCUT2D eigenvalue weighted by Crippen LogP contribution is 2.26. The van der Waals surface area contributed by atoms with Crippen LogP contribution in [0.4, 0.5) is 5.69 Å². The number of hydrogen-bond donors (Lipinski definition) is 2. The van der Waals surface area contributed by atoms with Crippen molar-refractivity contribution in [1.29, 1.82) is 0 Å². The van der Waals surface area contributed by atoms with Crippen LogP contribution in [0.1, 0.15) is 18.4 Å². The highest BCUT2D eigenvalue weighted by molar-refractivity contribution is 5.53. The zero-order valence-corrected chi connectivity index (χ0v) is 9.35. The zero-order chi connectivity index (χ0) is 11.4. The molecule has 4 nitrogen and oxygen atoms in total. The molecule has 0 amide bonds. The fourth-order valence-corrected chi connectivity index (χ4v) is 2.11. The zero-order valence-electron chi connectivity index (χ0n) is 9.35. The molecule has 88 valence electrons. The topological polar surface area (TPSA) is 58.7 Å². The second kappa shape index (κ2) is 5.18. The van der Waals surface area contributed by atoms with Gasteiger partial charge in [0, 0.05) is 25.2 Å². The first-order valence-corrected chi connectivity index (χ1v) is 5.70. The Morgan fingerprint density at radius 3 is 2.75 bits per heavy atom. The normalized spacial score (nSPS) is 15.7. The maximum Gasteiger partial charge on any atom is 0.119 e. The summed E-state index contributed by atoms with van der Waals surface area (Å²) in [6.07, 6.45) is 3.15. The van der Waals surface area contributed by atoms with Gasteiger partial charge >= 0.3 is 0 Å². The Kier molecular flexibility index (Phi) is 3.64. The first-order valence-electron chi connectivity index (χ1n) is 5.70. The van der Waals surface area contributed by atoms with Crippen LogP contribution in [0.15, 0.2) is 18.2 Å². The van der Waals surface area contributed by atoms with Crippen molar-refractivity contribution in [3.05, 3.63) is 23.8 Å². The monoisotopic (exact) mass is 222 g/mol. The molecule has 0 radical (unpaired) electrons. The molecule has 1 heterocycles. The van der Waals surface area contributed by atoms with E-state index in [1.165, 1.54) is 18.5 Å². The Hall–Kier alpha value is -1.26. The van der Waals surface area contributed by atoms with Crippen molar-refractivity contribution in [3.63, 3.8) is 0 Å². The van der Waals surface area contributed by atoms with Crippen molar-refractivity contribution in [2.45, 2.75) is 19.3 Å². The molecule has 16 heavy (non-hydrogen) atoms. The van der Waals surface area contributed by atoms with Crippen LogP contribution < -0.4 is 10.8 Å². The van der Waals surface area contributed by atoms with Gasteiger partial charge in [0.15, 0.2) is 0 Å². The van der Waals surface area contributed by atoms with Gasteiger partial charge in [-0.3, -0.25) is 0 Å². The van der Waals surface area contributed by atoms with Gasteiger partial charge in [-0.25, -0.2) is 5.90 Å². The Bertz CT molecular complexity index is 349. The van der Waals surface area contributed by atoms with Crippen LogP contribution >= 0.6 is 0 Å². The van der Waals surface area contributed by atoms with Crippen LogP contribution in [0.5, 0.6) is 5.75 Å². The molecule has 2 rings (SSSR count). The lowest BCUT2D eigenvalue weighted by molar-refractivity contribution is 0.141. The molecule has 0 bridgehead atoms. The summed E-state index contributed by atoms with van der Waals surface area (Å²) in [5.74, 6) is 5.31. The SMILES string of the molecule is NOCCc1cc(N2CCCC2)ccc1O. The van der Waals surface area contributed by atoms with E-state index in [4.69, 9.17) is 5.90 Å². The van der Waals surface area contributed by atoms with Gasteiger partial charge in [0.1, 0.15) is 5.75 Å². The molecule has 1 aliphatic rings. The van der Waals surface area contributed by atoms with E-state index in [-0.39, 0.29) is 0 Å². The van der Waals surface area contributed by atoms with Gasteiger partial charge in [0.25, 0.3) is 0 Å². The van der Waals surface area contributed by atoms with E-state index in [9.17, 15) is 5.11 Å². The third kappa shape index (κ3) is 2.46. The first-order chi connectivity index (χ1) is 7.81.